The Labute approximate surface area is 146 Å². The van der Waals surface area contributed by atoms with E-state index in [0.29, 0.717) is 22.4 Å². The van der Waals surface area contributed by atoms with Crippen LogP contribution in [0.5, 0.6) is 0 Å². The Kier molecular flexibility index (Phi) is 4.33. The summed E-state index contributed by atoms with van der Waals surface area (Å²) in [5.41, 5.74) is 8.30. The number of nitrogen functional groups attached to an aromatic ring is 1. The molecule has 0 bridgehead atoms. The number of hydrogen-bond acceptors (Lipinski definition) is 6. The Morgan fingerprint density at radius 2 is 2.20 bits per heavy atom. The normalized spacial score (nSPS) is 10.4. The fourth-order valence-electron chi connectivity index (χ4n) is 2.39. The van der Waals surface area contributed by atoms with Crippen LogP contribution in [0.3, 0.4) is 0 Å². The van der Waals surface area contributed by atoms with E-state index in [1.165, 1.54) is 23.6 Å². The molecule has 0 aliphatic rings. The molecule has 3 aromatic rings. The fraction of sp³-hybridized carbons (Fsp3) is 0.0588. The molecule has 8 heteroatoms. The summed E-state index contributed by atoms with van der Waals surface area (Å²) in [6, 6.07) is 8.44. The zero-order valence-electron chi connectivity index (χ0n) is 12.8. The van der Waals surface area contributed by atoms with E-state index < -0.39 is 5.97 Å². The maximum Gasteiger partial charge on any atom is 0.307 e. The number of thiophene rings is 1. The number of carboxylic acid groups (broad SMARTS) is 1. The van der Waals surface area contributed by atoms with E-state index in [4.69, 9.17) is 10.8 Å². The van der Waals surface area contributed by atoms with Crippen molar-refractivity contribution in [3.8, 4) is 27.8 Å². The number of anilines is 1. The lowest BCUT2D eigenvalue weighted by molar-refractivity contribution is -0.136. The Morgan fingerprint density at radius 3 is 2.84 bits per heavy atom. The van der Waals surface area contributed by atoms with Gasteiger partial charge in [0, 0.05) is 17.8 Å². The lowest BCUT2D eigenvalue weighted by Gasteiger charge is -2.09. The first-order valence-electron chi connectivity index (χ1n) is 7.17. The summed E-state index contributed by atoms with van der Waals surface area (Å²) in [4.78, 5) is 29.6. The second-order valence-electron chi connectivity index (χ2n) is 5.26. The van der Waals surface area contributed by atoms with Gasteiger partial charge in [0.1, 0.15) is 17.5 Å². The van der Waals surface area contributed by atoms with E-state index in [1.807, 2.05) is 6.07 Å². The number of aromatic nitrogens is 2. The number of aliphatic carboxylic acids is 1. The summed E-state index contributed by atoms with van der Waals surface area (Å²) in [6.07, 6.45) is 1.43. The van der Waals surface area contributed by atoms with E-state index in [0.717, 1.165) is 4.88 Å². The standard InChI is InChI=1S/C17H12N4O3S/c18-6-12-11(10-1-2-15(22)20-7-10)5-13(21-17(12)19)14-3-9(8-25-14)4-16(23)24/h1-3,5,7-8H,4H2,(H2,19,21)(H,20,22)(H,23,24). The summed E-state index contributed by atoms with van der Waals surface area (Å²) in [5, 5.41) is 20.0. The molecular weight excluding hydrogens is 340 g/mol. The SMILES string of the molecule is N#Cc1c(-c2ccc(=O)[nH]c2)cc(-c2cc(CC(=O)O)cs2)nc1N. The van der Waals surface area contributed by atoms with Gasteiger partial charge >= 0.3 is 5.97 Å². The molecule has 3 aromatic heterocycles. The summed E-state index contributed by atoms with van der Waals surface area (Å²) in [5.74, 6) is -0.833. The first kappa shape index (κ1) is 16.4. The number of nitriles is 1. The monoisotopic (exact) mass is 352 g/mol. The van der Waals surface area contributed by atoms with Gasteiger partial charge in [-0.3, -0.25) is 9.59 Å². The van der Waals surface area contributed by atoms with Crippen LogP contribution in [0.1, 0.15) is 11.1 Å². The number of aromatic amines is 1. The van der Waals surface area contributed by atoms with Crippen LogP contribution in [0.2, 0.25) is 0 Å². The predicted octanol–water partition coefficient (Wildman–Crippen LogP) is 2.25. The Bertz CT molecular complexity index is 1040. The highest BCUT2D eigenvalue weighted by Gasteiger charge is 2.15. The van der Waals surface area contributed by atoms with Gasteiger partial charge in [-0.2, -0.15) is 5.26 Å². The molecule has 0 fully saturated rings. The minimum absolute atomic E-state index is 0.0744. The van der Waals surface area contributed by atoms with Crippen LogP contribution in [-0.4, -0.2) is 21.0 Å². The lowest BCUT2D eigenvalue weighted by Crippen LogP contribution is -2.03. The van der Waals surface area contributed by atoms with Crippen molar-refractivity contribution in [1.29, 1.82) is 5.26 Å². The Morgan fingerprint density at radius 1 is 1.40 bits per heavy atom. The zero-order valence-corrected chi connectivity index (χ0v) is 13.6. The largest absolute Gasteiger partial charge is 0.481 e. The van der Waals surface area contributed by atoms with Gasteiger partial charge < -0.3 is 15.8 Å². The van der Waals surface area contributed by atoms with Crippen molar-refractivity contribution >= 4 is 23.1 Å². The van der Waals surface area contributed by atoms with Crippen LogP contribution >= 0.6 is 11.3 Å². The van der Waals surface area contributed by atoms with E-state index in [-0.39, 0.29) is 23.4 Å². The average Bonchev–Trinajstić information content (AvgIpc) is 3.02. The molecule has 0 saturated heterocycles. The van der Waals surface area contributed by atoms with Crippen LogP contribution < -0.4 is 11.3 Å². The molecule has 0 aliphatic heterocycles. The van der Waals surface area contributed by atoms with Crippen molar-refractivity contribution in [2.45, 2.75) is 6.42 Å². The summed E-state index contributed by atoms with van der Waals surface area (Å²) >= 11 is 1.35. The van der Waals surface area contributed by atoms with E-state index in [1.54, 1.807) is 23.6 Å². The van der Waals surface area contributed by atoms with Gasteiger partial charge in [0.2, 0.25) is 5.56 Å². The van der Waals surface area contributed by atoms with Crippen molar-refractivity contribution in [3.63, 3.8) is 0 Å². The molecular formula is C17H12N4O3S. The molecule has 124 valence electrons. The smallest absolute Gasteiger partial charge is 0.307 e. The van der Waals surface area contributed by atoms with Crippen molar-refractivity contribution in [3.05, 3.63) is 57.3 Å². The predicted molar refractivity (Wildman–Crippen MR) is 94.1 cm³/mol. The molecule has 0 aliphatic carbocycles. The number of pyridine rings is 2. The van der Waals surface area contributed by atoms with Gasteiger partial charge in [-0.25, -0.2) is 4.98 Å². The number of nitrogens with two attached hydrogens (primary N) is 1. The van der Waals surface area contributed by atoms with Gasteiger partial charge in [-0.05, 0) is 34.7 Å². The number of rotatable bonds is 4. The summed E-state index contributed by atoms with van der Waals surface area (Å²) in [7, 11) is 0. The van der Waals surface area contributed by atoms with E-state index >= 15 is 0 Å². The number of carbonyl (C=O) groups is 1. The van der Waals surface area contributed by atoms with Crippen molar-refractivity contribution in [2.24, 2.45) is 0 Å². The Hall–Kier alpha value is -3.44. The quantitative estimate of drug-likeness (QED) is 0.659. The third kappa shape index (κ3) is 3.41. The molecule has 0 aromatic carbocycles. The first-order chi connectivity index (χ1) is 12.0. The molecule has 0 amide bonds. The minimum atomic E-state index is -0.911. The second-order valence-corrected chi connectivity index (χ2v) is 6.17. The van der Waals surface area contributed by atoms with E-state index in [9.17, 15) is 14.9 Å². The lowest BCUT2D eigenvalue weighted by atomic mass is 10.0. The molecule has 0 atom stereocenters. The third-order valence-corrected chi connectivity index (χ3v) is 4.52. The average molecular weight is 352 g/mol. The molecule has 0 spiro atoms. The van der Waals surface area contributed by atoms with Gasteiger partial charge in [0.25, 0.3) is 0 Å². The highest BCUT2D eigenvalue weighted by Crippen LogP contribution is 2.33. The highest BCUT2D eigenvalue weighted by atomic mass is 32.1. The first-order valence-corrected chi connectivity index (χ1v) is 8.05. The zero-order chi connectivity index (χ0) is 18.0. The van der Waals surface area contributed by atoms with Crippen LogP contribution in [-0.2, 0) is 11.2 Å². The van der Waals surface area contributed by atoms with Crippen LogP contribution in [0, 0.1) is 11.3 Å². The molecule has 0 radical (unpaired) electrons. The summed E-state index contributed by atoms with van der Waals surface area (Å²) < 4.78 is 0. The fourth-order valence-corrected chi connectivity index (χ4v) is 3.27. The minimum Gasteiger partial charge on any atom is -0.481 e. The van der Waals surface area contributed by atoms with Crippen molar-refractivity contribution in [1.82, 2.24) is 9.97 Å². The number of H-pyrrole nitrogens is 1. The van der Waals surface area contributed by atoms with Crippen molar-refractivity contribution in [2.75, 3.05) is 5.73 Å². The maximum atomic E-state index is 11.2. The third-order valence-electron chi connectivity index (χ3n) is 3.52. The number of nitrogens with one attached hydrogen (secondary N) is 1. The topological polar surface area (TPSA) is 133 Å². The van der Waals surface area contributed by atoms with Crippen LogP contribution in [0.25, 0.3) is 21.7 Å². The van der Waals surface area contributed by atoms with Crippen molar-refractivity contribution < 1.29 is 9.90 Å². The molecule has 4 N–H and O–H groups in total. The molecule has 3 rings (SSSR count). The van der Waals surface area contributed by atoms with Gasteiger partial charge in [-0.15, -0.1) is 11.3 Å². The van der Waals surface area contributed by atoms with Gasteiger partial charge in [-0.1, -0.05) is 0 Å². The number of hydrogen-bond donors (Lipinski definition) is 3. The number of carboxylic acids is 1. The Balaban J connectivity index is 2.12. The molecule has 7 nitrogen and oxygen atoms in total. The molecule has 3 heterocycles. The molecule has 25 heavy (non-hydrogen) atoms. The van der Waals surface area contributed by atoms with Gasteiger partial charge in [0.05, 0.1) is 17.0 Å². The van der Waals surface area contributed by atoms with Gasteiger partial charge in [0.15, 0.2) is 0 Å². The van der Waals surface area contributed by atoms with E-state index in [2.05, 4.69) is 9.97 Å². The molecule has 0 saturated carbocycles. The van der Waals surface area contributed by atoms with Crippen LogP contribution in [0.4, 0.5) is 5.82 Å². The van der Waals surface area contributed by atoms with Crippen LogP contribution in [0.15, 0.2) is 40.6 Å². The maximum absolute atomic E-state index is 11.2. The summed E-state index contributed by atoms with van der Waals surface area (Å²) in [6.45, 7) is 0. The second kappa shape index (κ2) is 6.59. The molecule has 0 unspecified atom stereocenters. The number of nitrogens with zero attached hydrogens (tertiary/aromatic N) is 2. The highest BCUT2D eigenvalue weighted by molar-refractivity contribution is 7.13.